The lowest BCUT2D eigenvalue weighted by molar-refractivity contribution is 0.00379. The van der Waals surface area contributed by atoms with Crippen molar-refractivity contribution in [3.05, 3.63) is 0 Å². The third-order valence-corrected chi connectivity index (χ3v) is 3.06. The second-order valence-corrected chi connectivity index (χ2v) is 4.69. The molecule has 0 amide bonds. The Labute approximate surface area is 91.5 Å². The summed E-state index contributed by atoms with van der Waals surface area (Å²) in [6, 6.07) is 0.487. The Balaban J connectivity index is 1.69. The van der Waals surface area contributed by atoms with Crippen molar-refractivity contribution in [2.75, 3.05) is 19.7 Å². The second-order valence-electron chi connectivity index (χ2n) is 4.69. The maximum absolute atomic E-state index is 5.52. The maximum atomic E-state index is 5.52. The van der Waals surface area contributed by atoms with E-state index in [1.165, 1.54) is 6.42 Å². The summed E-state index contributed by atoms with van der Waals surface area (Å²) < 4.78 is 5.52. The zero-order valence-corrected chi connectivity index (χ0v) is 9.62. The SMILES string of the molecule is CC1CN=C(NCC2CCOC(C)C2)N1. The molecule has 1 saturated heterocycles. The lowest BCUT2D eigenvalue weighted by Gasteiger charge is -2.27. The molecule has 4 heteroatoms. The van der Waals surface area contributed by atoms with Crippen LogP contribution in [0.1, 0.15) is 26.7 Å². The van der Waals surface area contributed by atoms with Gasteiger partial charge in [0, 0.05) is 19.2 Å². The minimum absolute atomic E-state index is 0.419. The van der Waals surface area contributed by atoms with Crippen molar-refractivity contribution in [2.45, 2.75) is 38.8 Å². The molecule has 0 spiro atoms. The van der Waals surface area contributed by atoms with Gasteiger partial charge in [0.15, 0.2) is 5.96 Å². The summed E-state index contributed by atoms with van der Waals surface area (Å²) in [6.07, 6.45) is 2.75. The lowest BCUT2D eigenvalue weighted by atomic mass is 9.96. The zero-order chi connectivity index (χ0) is 10.7. The van der Waals surface area contributed by atoms with E-state index in [0.29, 0.717) is 12.1 Å². The van der Waals surface area contributed by atoms with E-state index in [-0.39, 0.29) is 0 Å². The van der Waals surface area contributed by atoms with Crippen molar-refractivity contribution in [3.8, 4) is 0 Å². The van der Waals surface area contributed by atoms with Crippen molar-refractivity contribution in [1.29, 1.82) is 0 Å². The van der Waals surface area contributed by atoms with Gasteiger partial charge >= 0.3 is 0 Å². The van der Waals surface area contributed by atoms with Gasteiger partial charge in [-0.1, -0.05) is 0 Å². The van der Waals surface area contributed by atoms with E-state index in [9.17, 15) is 0 Å². The number of hydrogen-bond acceptors (Lipinski definition) is 4. The van der Waals surface area contributed by atoms with Crippen molar-refractivity contribution in [2.24, 2.45) is 10.9 Å². The molecule has 4 nitrogen and oxygen atoms in total. The first-order valence-corrected chi connectivity index (χ1v) is 5.90. The Morgan fingerprint density at radius 2 is 2.40 bits per heavy atom. The van der Waals surface area contributed by atoms with Crippen molar-refractivity contribution in [1.82, 2.24) is 10.6 Å². The first kappa shape index (κ1) is 10.7. The second kappa shape index (κ2) is 4.84. The van der Waals surface area contributed by atoms with Gasteiger partial charge in [-0.15, -0.1) is 0 Å². The smallest absolute Gasteiger partial charge is 0.191 e. The molecule has 2 aliphatic rings. The predicted molar refractivity (Wildman–Crippen MR) is 61.0 cm³/mol. The van der Waals surface area contributed by atoms with Crippen molar-refractivity contribution < 1.29 is 4.74 Å². The minimum atomic E-state index is 0.419. The molecule has 3 atom stereocenters. The highest BCUT2D eigenvalue weighted by atomic mass is 16.5. The highest BCUT2D eigenvalue weighted by Gasteiger charge is 2.20. The molecule has 0 aromatic carbocycles. The molecular weight excluding hydrogens is 190 g/mol. The van der Waals surface area contributed by atoms with Crippen molar-refractivity contribution in [3.63, 3.8) is 0 Å². The third-order valence-electron chi connectivity index (χ3n) is 3.06. The lowest BCUT2D eigenvalue weighted by Crippen LogP contribution is -2.41. The summed E-state index contributed by atoms with van der Waals surface area (Å²) in [6.45, 7) is 7.12. The summed E-state index contributed by atoms with van der Waals surface area (Å²) in [4.78, 5) is 4.38. The fourth-order valence-corrected chi connectivity index (χ4v) is 2.18. The monoisotopic (exact) mass is 211 g/mol. The van der Waals surface area contributed by atoms with Gasteiger partial charge in [-0.25, -0.2) is 0 Å². The molecule has 2 heterocycles. The minimum Gasteiger partial charge on any atom is -0.378 e. The Hall–Kier alpha value is -0.770. The predicted octanol–water partition coefficient (Wildman–Crippen LogP) is 0.739. The van der Waals surface area contributed by atoms with Gasteiger partial charge in [0.1, 0.15) is 0 Å². The Bertz CT molecular complexity index is 242. The normalized spacial score (nSPS) is 35.9. The van der Waals surface area contributed by atoms with Crippen LogP contribution in [0.5, 0.6) is 0 Å². The molecular formula is C11H21N3O. The van der Waals surface area contributed by atoms with E-state index in [2.05, 4.69) is 29.5 Å². The van der Waals surface area contributed by atoms with E-state index >= 15 is 0 Å². The van der Waals surface area contributed by atoms with E-state index in [4.69, 9.17) is 4.74 Å². The summed E-state index contributed by atoms with van der Waals surface area (Å²) in [5.41, 5.74) is 0. The average molecular weight is 211 g/mol. The molecule has 0 aromatic heterocycles. The molecule has 0 saturated carbocycles. The number of guanidine groups is 1. The fraction of sp³-hybridized carbons (Fsp3) is 0.909. The summed E-state index contributed by atoms with van der Waals surface area (Å²) in [5.74, 6) is 1.70. The van der Waals surface area contributed by atoms with Crippen LogP contribution in [0.25, 0.3) is 0 Å². The van der Waals surface area contributed by atoms with Gasteiger partial charge in [-0.05, 0) is 32.6 Å². The van der Waals surface area contributed by atoms with Crippen LogP contribution in [0, 0.1) is 5.92 Å². The summed E-state index contributed by atoms with van der Waals surface area (Å²) in [7, 11) is 0. The molecule has 0 bridgehead atoms. The zero-order valence-electron chi connectivity index (χ0n) is 9.62. The first-order valence-electron chi connectivity index (χ1n) is 5.90. The topological polar surface area (TPSA) is 45.7 Å². The van der Waals surface area contributed by atoms with Gasteiger partial charge in [0.25, 0.3) is 0 Å². The molecule has 1 fully saturated rings. The highest BCUT2D eigenvalue weighted by molar-refractivity contribution is 5.81. The molecule has 0 radical (unpaired) electrons. The third kappa shape index (κ3) is 3.09. The van der Waals surface area contributed by atoms with E-state index in [1.807, 2.05) is 0 Å². The number of rotatable bonds is 2. The number of aliphatic imine (C=N–C) groups is 1. The molecule has 0 aromatic rings. The number of nitrogens with one attached hydrogen (secondary N) is 2. The van der Waals surface area contributed by atoms with Gasteiger partial charge in [-0.2, -0.15) is 0 Å². The Kier molecular flexibility index (Phi) is 3.46. The van der Waals surface area contributed by atoms with Gasteiger partial charge < -0.3 is 15.4 Å². The molecule has 0 aliphatic carbocycles. The largest absolute Gasteiger partial charge is 0.378 e. The Morgan fingerprint density at radius 1 is 1.53 bits per heavy atom. The molecule has 3 unspecified atom stereocenters. The maximum Gasteiger partial charge on any atom is 0.191 e. The standard InChI is InChI=1S/C11H21N3O/c1-8-6-12-11(14-8)13-7-10-3-4-15-9(2)5-10/h8-10H,3-7H2,1-2H3,(H2,12,13,14). The van der Waals surface area contributed by atoms with Crippen LogP contribution in [0.4, 0.5) is 0 Å². The summed E-state index contributed by atoms with van der Waals surface area (Å²) >= 11 is 0. The van der Waals surface area contributed by atoms with Crippen LogP contribution in [-0.4, -0.2) is 37.8 Å². The Morgan fingerprint density at radius 3 is 3.07 bits per heavy atom. The van der Waals surface area contributed by atoms with E-state index in [1.54, 1.807) is 0 Å². The average Bonchev–Trinajstić information content (AvgIpc) is 2.62. The van der Waals surface area contributed by atoms with Gasteiger partial charge in [-0.3, -0.25) is 4.99 Å². The van der Waals surface area contributed by atoms with Crippen LogP contribution < -0.4 is 10.6 Å². The number of nitrogens with zero attached hydrogens (tertiary/aromatic N) is 1. The quantitative estimate of drug-likeness (QED) is 0.708. The molecule has 86 valence electrons. The van der Waals surface area contributed by atoms with Crippen LogP contribution >= 0.6 is 0 Å². The number of ether oxygens (including phenoxy) is 1. The van der Waals surface area contributed by atoms with E-state index < -0.39 is 0 Å². The van der Waals surface area contributed by atoms with Gasteiger partial charge in [0.2, 0.25) is 0 Å². The molecule has 2 rings (SSSR count). The van der Waals surface area contributed by atoms with Crippen LogP contribution in [0.15, 0.2) is 4.99 Å². The highest BCUT2D eigenvalue weighted by Crippen LogP contribution is 2.18. The van der Waals surface area contributed by atoms with Crippen LogP contribution in [0.3, 0.4) is 0 Å². The molecule has 15 heavy (non-hydrogen) atoms. The van der Waals surface area contributed by atoms with Crippen molar-refractivity contribution >= 4 is 5.96 Å². The van der Waals surface area contributed by atoms with Crippen LogP contribution in [-0.2, 0) is 4.74 Å². The van der Waals surface area contributed by atoms with Crippen LogP contribution in [0.2, 0.25) is 0 Å². The fourth-order valence-electron chi connectivity index (χ4n) is 2.18. The molecule has 2 N–H and O–H groups in total. The first-order chi connectivity index (χ1) is 7.24. The summed E-state index contributed by atoms with van der Waals surface area (Å²) in [5, 5.41) is 6.70. The number of hydrogen-bond donors (Lipinski definition) is 2. The molecule has 2 aliphatic heterocycles. The van der Waals surface area contributed by atoms with Gasteiger partial charge in [0.05, 0.1) is 12.6 Å². The van der Waals surface area contributed by atoms with E-state index in [0.717, 1.165) is 38.0 Å².